The number of amides is 1. The van der Waals surface area contributed by atoms with Crippen LogP contribution in [-0.2, 0) is 62.3 Å². The highest BCUT2D eigenvalue weighted by molar-refractivity contribution is 5.90. The molecule has 2 aliphatic heterocycles. The van der Waals surface area contributed by atoms with E-state index >= 15 is 0 Å². The summed E-state index contributed by atoms with van der Waals surface area (Å²) in [4.78, 5) is 64.7. The Morgan fingerprint density at radius 3 is 2.23 bits per heavy atom. The molecule has 2 aromatic heterocycles. The minimum Gasteiger partial charge on any atom is -0.458 e. The summed E-state index contributed by atoms with van der Waals surface area (Å²) in [5, 5.41) is 3.40. The summed E-state index contributed by atoms with van der Waals surface area (Å²) in [7, 11) is 1.63. The first kappa shape index (κ1) is 45.3. The van der Waals surface area contributed by atoms with Gasteiger partial charge in [0.25, 0.3) is 12.0 Å². The number of carbonyl (C=O) groups excluding carboxylic acids is 4. The van der Waals surface area contributed by atoms with Crippen molar-refractivity contribution >= 4 is 35.6 Å². The predicted octanol–water partition coefficient (Wildman–Crippen LogP) is 5.79. The molecule has 0 fully saturated rings. The fraction of sp³-hybridized carbons (Fsp3) is 0.550. The number of esters is 1. The first-order chi connectivity index (χ1) is 26.6. The molecule has 2 aliphatic rings. The predicted molar refractivity (Wildman–Crippen MR) is 206 cm³/mol. The Kier molecular flexibility index (Phi) is 16.8. The van der Waals surface area contributed by atoms with Crippen molar-refractivity contribution in [2.24, 2.45) is 0 Å². The number of cyclic esters (lactones) is 1. The summed E-state index contributed by atoms with van der Waals surface area (Å²) >= 11 is 0. The third kappa shape index (κ3) is 12.5. The van der Waals surface area contributed by atoms with Crippen LogP contribution in [0.2, 0.25) is 0 Å². The summed E-state index contributed by atoms with van der Waals surface area (Å²) in [6.45, 7) is 20.0. The standard InChI is InChI=1S/C26H24N2O8.C12H25NO5.C2H6/c1-5-14-15-8-13(35-25(32)36-26(2,3)4)6-7-19(15)27-21-17(14)10-28-20(21)9-16-18(23(28)30)11-33-24(31)22(16)34-12-29;1-12(2,3)18-11(14)13-5-6-16-9-10-17-8-7-15-4;1-2/h6-9,12,22H,5,10-11H2,1-4H3;5-10H2,1-4H3,(H,13,14);1-2H3. The van der Waals surface area contributed by atoms with Crippen LogP contribution in [-0.4, -0.2) is 92.1 Å². The van der Waals surface area contributed by atoms with Crippen LogP contribution >= 0.6 is 0 Å². The molecule has 0 saturated heterocycles. The second-order valence-electron chi connectivity index (χ2n) is 14.2. The third-order valence-corrected chi connectivity index (χ3v) is 7.88. The normalized spacial score (nSPS) is 14.0. The molecule has 0 radical (unpaired) electrons. The summed E-state index contributed by atoms with van der Waals surface area (Å²) in [6.07, 6.45) is -1.89. The minimum absolute atomic E-state index is 0.164. The van der Waals surface area contributed by atoms with Crippen molar-refractivity contribution in [3.63, 3.8) is 0 Å². The molecule has 3 aromatic rings. The molecule has 1 atom stereocenters. The molecule has 16 heteroatoms. The number of carbonyl (C=O) groups is 4. The number of alkyl carbamates (subject to hydrolysis) is 1. The number of aryl methyl sites for hydroxylation is 1. The van der Waals surface area contributed by atoms with Crippen LogP contribution in [0.4, 0.5) is 9.59 Å². The van der Waals surface area contributed by atoms with Crippen molar-refractivity contribution in [2.45, 2.75) is 99.2 Å². The van der Waals surface area contributed by atoms with Crippen LogP contribution in [0.5, 0.6) is 5.75 Å². The van der Waals surface area contributed by atoms with Crippen LogP contribution in [0, 0.1) is 0 Å². The Hall–Kier alpha value is -5.06. The van der Waals surface area contributed by atoms with Gasteiger partial charge in [0.05, 0.1) is 62.0 Å². The summed E-state index contributed by atoms with van der Waals surface area (Å²) in [5.74, 6) is -0.406. The Labute approximate surface area is 327 Å². The van der Waals surface area contributed by atoms with E-state index in [1.54, 1.807) is 56.7 Å². The van der Waals surface area contributed by atoms with Crippen molar-refractivity contribution in [3.05, 3.63) is 56.9 Å². The monoisotopic (exact) mass is 785 g/mol. The first-order valence-corrected chi connectivity index (χ1v) is 18.6. The van der Waals surface area contributed by atoms with E-state index in [0.717, 1.165) is 16.5 Å². The number of methoxy groups -OCH3 is 1. The van der Waals surface area contributed by atoms with Crippen LogP contribution in [0.1, 0.15) is 90.7 Å². The quantitative estimate of drug-likeness (QED) is 0.0564. The second-order valence-corrected chi connectivity index (χ2v) is 14.2. The van der Waals surface area contributed by atoms with Crippen LogP contribution in [0.15, 0.2) is 29.1 Å². The molecule has 1 amide bonds. The van der Waals surface area contributed by atoms with Crippen LogP contribution in [0.25, 0.3) is 22.3 Å². The van der Waals surface area contributed by atoms with Gasteiger partial charge >= 0.3 is 18.2 Å². The molecule has 1 N–H and O–H groups in total. The molecular formula is C40H55N3O13. The number of benzene rings is 1. The Morgan fingerprint density at radius 2 is 1.61 bits per heavy atom. The molecule has 1 unspecified atom stereocenters. The van der Waals surface area contributed by atoms with E-state index in [1.165, 1.54) is 0 Å². The van der Waals surface area contributed by atoms with Gasteiger partial charge in [-0.3, -0.25) is 9.59 Å². The smallest absolute Gasteiger partial charge is 0.458 e. The average molecular weight is 786 g/mol. The number of fused-ring (bicyclic) bond motifs is 5. The molecule has 5 rings (SSSR count). The molecule has 4 heterocycles. The van der Waals surface area contributed by atoms with Gasteiger partial charge < -0.3 is 47.8 Å². The molecule has 1 aromatic carbocycles. The molecular weight excluding hydrogens is 730 g/mol. The fourth-order valence-corrected chi connectivity index (χ4v) is 5.70. The third-order valence-electron chi connectivity index (χ3n) is 7.88. The number of nitrogens with zero attached hydrogens (tertiary/aromatic N) is 2. The number of rotatable bonds is 13. The number of nitrogens with one attached hydrogen (secondary N) is 1. The van der Waals surface area contributed by atoms with E-state index in [2.05, 4.69) is 5.32 Å². The van der Waals surface area contributed by atoms with Gasteiger partial charge in [0.1, 0.15) is 23.6 Å². The second kappa shape index (κ2) is 20.7. The van der Waals surface area contributed by atoms with E-state index in [1.807, 2.05) is 41.5 Å². The van der Waals surface area contributed by atoms with Gasteiger partial charge in [0.2, 0.25) is 6.10 Å². The van der Waals surface area contributed by atoms with Gasteiger partial charge in [-0.1, -0.05) is 20.8 Å². The first-order valence-electron chi connectivity index (χ1n) is 18.6. The van der Waals surface area contributed by atoms with Gasteiger partial charge in [0.15, 0.2) is 0 Å². The molecule has 0 bridgehead atoms. The topological polar surface area (TPSA) is 189 Å². The van der Waals surface area contributed by atoms with Gasteiger partial charge in [-0.2, -0.15) is 0 Å². The maximum Gasteiger partial charge on any atom is 0.514 e. The van der Waals surface area contributed by atoms with Gasteiger partial charge in [-0.05, 0) is 77.8 Å². The molecule has 308 valence electrons. The number of hydrogen-bond donors (Lipinski definition) is 1. The van der Waals surface area contributed by atoms with Crippen LogP contribution < -0.4 is 15.6 Å². The zero-order chi connectivity index (χ0) is 41.6. The molecule has 0 spiro atoms. The SMILES string of the molecule is CC.CCc1c2c(nc3ccc(OC(=O)OC(C)(C)C)cc13)-c1cc3c(c(=O)n1C2)COC(=O)C3OC=O.COCCOCCOCCNC(=O)OC(C)(C)C. The lowest BCUT2D eigenvalue weighted by molar-refractivity contribution is -0.165. The van der Waals surface area contributed by atoms with E-state index in [9.17, 15) is 24.0 Å². The van der Waals surface area contributed by atoms with Crippen molar-refractivity contribution < 1.29 is 57.1 Å². The van der Waals surface area contributed by atoms with Crippen molar-refractivity contribution in [3.8, 4) is 17.1 Å². The highest BCUT2D eigenvalue weighted by Gasteiger charge is 2.37. The maximum atomic E-state index is 13.3. The Morgan fingerprint density at radius 1 is 0.946 bits per heavy atom. The zero-order valence-electron chi connectivity index (χ0n) is 34.0. The molecule has 16 nitrogen and oxygen atoms in total. The van der Waals surface area contributed by atoms with E-state index in [4.69, 9.17) is 42.9 Å². The van der Waals surface area contributed by atoms with Gasteiger partial charge in [0, 0.05) is 30.2 Å². The largest absolute Gasteiger partial charge is 0.514 e. The maximum absolute atomic E-state index is 13.3. The van der Waals surface area contributed by atoms with E-state index in [0.29, 0.717) is 74.2 Å². The fourth-order valence-electron chi connectivity index (χ4n) is 5.70. The van der Waals surface area contributed by atoms with Crippen molar-refractivity contribution in [2.75, 3.05) is 46.7 Å². The summed E-state index contributed by atoms with van der Waals surface area (Å²) in [6, 6.07) is 6.78. The summed E-state index contributed by atoms with van der Waals surface area (Å²) in [5.41, 5.74) is 2.72. The average Bonchev–Trinajstić information content (AvgIpc) is 3.49. The lowest BCUT2D eigenvalue weighted by Gasteiger charge is -2.23. The van der Waals surface area contributed by atoms with E-state index < -0.39 is 35.5 Å². The van der Waals surface area contributed by atoms with Gasteiger partial charge in [-0.15, -0.1) is 0 Å². The number of aromatic nitrogens is 2. The Balaban J connectivity index is 0.000000358. The lowest BCUT2D eigenvalue weighted by atomic mass is 9.97. The lowest BCUT2D eigenvalue weighted by Crippen LogP contribution is -2.34. The van der Waals surface area contributed by atoms with Crippen molar-refractivity contribution in [1.82, 2.24) is 14.9 Å². The van der Waals surface area contributed by atoms with E-state index in [-0.39, 0.29) is 30.7 Å². The highest BCUT2D eigenvalue weighted by Crippen LogP contribution is 2.39. The Bertz CT molecular complexity index is 1890. The highest BCUT2D eigenvalue weighted by atomic mass is 16.7. The number of hydrogen-bond acceptors (Lipinski definition) is 14. The van der Waals surface area contributed by atoms with Gasteiger partial charge in [-0.25, -0.2) is 19.4 Å². The molecule has 56 heavy (non-hydrogen) atoms. The number of ether oxygens (including phenoxy) is 8. The zero-order valence-corrected chi connectivity index (χ0v) is 34.0. The summed E-state index contributed by atoms with van der Waals surface area (Å²) < 4.78 is 42.6. The molecule has 0 aliphatic carbocycles. The van der Waals surface area contributed by atoms with Crippen molar-refractivity contribution in [1.29, 1.82) is 0 Å². The molecule has 0 saturated carbocycles. The minimum atomic E-state index is -1.30. The van der Waals surface area contributed by atoms with Crippen LogP contribution in [0.3, 0.4) is 0 Å². The number of pyridine rings is 2.